The van der Waals surface area contributed by atoms with E-state index in [4.69, 9.17) is 0 Å². The molecular formula is C25H21F3N2O2. The number of nitrogens with zero attached hydrogens (tertiary/aromatic N) is 1. The molecule has 0 spiro atoms. The van der Waals surface area contributed by atoms with Crippen LogP contribution in [-0.4, -0.2) is 16.7 Å². The number of anilines is 1. The molecule has 2 aromatic carbocycles. The van der Waals surface area contributed by atoms with Crippen LogP contribution >= 0.6 is 0 Å². The van der Waals surface area contributed by atoms with Gasteiger partial charge in [0.05, 0.1) is 5.56 Å². The highest BCUT2D eigenvalue weighted by molar-refractivity contribution is 6.04. The molecule has 3 aromatic rings. The van der Waals surface area contributed by atoms with Gasteiger partial charge in [-0.05, 0) is 60.4 Å². The number of ketones is 1. The molecule has 32 heavy (non-hydrogen) atoms. The van der Waals surface area contributed by atoms with E-state index in [0.29, 0.717) is 11.3 Å². The highest BCUT2D eigenvalue weighted by atomic mass is 19.4. The van der Waals surface area contributed by atoms with Gasteiger partial charge in [-0.25, -0.2) is 0 Å². The van der Waals surface area contributed by atoms with Gasteiger partial charge in [0.1, 0.15) is 0 Å². The Morgan fingerprint density at radius 1 is 1.03 bits per heavy atom. The number of carbonyl (C=O) groups excluding carboxylic acids is 2. The molecule has 0 aliphatic carbocycles. The van der Waals surface area contributed by atoms with E-state index in [1.807, 2.05) is 0 Å². The molecule has 0 fully saturated rings. The monoisotopic (exact) mass is 438 g/mol. The second-order valence-electron chi connectivity index (χ2n) is 7.39. The Bertz CT molecular complexity index is 1170. The van der Waals surface area contributed by atoms with Crippen LogP contribution in [-0.2, 0) is 17.4 Å². The molecule has 1 amide bonds. The van der Waals surface area contributed by atoms with Crippen molar-refractivity contribution in [2.24, 2.45) is 0 Å². The Morgan fingerprint density at radius 3 is 2.47 bits per heavy atom. The van der Waals surface area contributed by atoms with E-state index in [1.165, 1.54) is 31.2 Å². The molecule has 3 rings (SSSR count). The summed E-state index contributed by atoms with van der Waals surface area (Å²) in [7, 11) is 0. The first kappa shape index (κ1) is 22.9. The topological polar surface area (TPSA) is 59.1 Å². The van der Waals surface area contributed by atoms with Gasteiger partial charge < -0.3 is 5.32 Å². The fourth-order valence-corrected chi connectivity index (χ4v) is 3.12. The normalized spacial score (nSPS) is 11.5. The number of halogens is 3. The summed E-state index contributed by atoms with van der Waals surface area (Å²) in [6, 6.07) is 12.3. The summed E-state index contributed by atoms with van der Waals surface area (Å²) < 4.78 is 39.4. The van der Waals surface area contributed by atoms with Crippen molar-refractivity contribution >= 4 is 23.5 Å². The Kier molecular flexibility index (Phi) is 6.88. The van der Waals surface area contributed by atoms with Crippen LogP contribution in [0.2, 0.25) is 0 Å². The number of aryl methyl sites for hydroxylation is 2. The van der Waals surface area contributed by atoms with Gasteiger partial charge in [0.25, 0.3) is 0 Å². The average Bonchev–Trinajstić information content (AvgIpc) is 2.75. The van der Waals surface area contributed by atoms with Crippen molar-refractivity contribution in [3.63, 3.8) is 0 Å². The van der Waals surface area contributed by atoms with Crippen molar-refractivity contribution in [3.8, 4) is 0 Å². The van der Waals surface area contributed by atoms with Crippen molar-refractivity contribution in [2.45, 2.75) is 26.4 Å². The molecule has 0 aliphatic rings. The zero-order valence-electron chi connectivity index (χ0n) is 17.5. The quantitative estimate of drug-likeness (QED) is 0.391. The number of Topliss-reactive ketones (excluding diaryl/α,β-unsaturated/α-hetero) is 1. The summed E-state index contributed by atoms with van der Waals surface area (Å²) >= 11 is 0. The zero-order valence-corrected chi connectivity index (χ0v) is 17.5. The number of aromatic nitrogens is 1. The minimum atomic E-state index is -4.48. The molecule has 0 saturated heterocycles. The first-order valence-corrected chi connectivity index (χ1v) is 9.83. The highest BCUT2D eigenvalue weighted by Crippen LogP contribution is 2.32. The predicted octanol–water partition coefficient (Wildman–Crippen LogP) is 5.79. The lowest BCUT2D eigenvalue weighted by atomic mass is 9.98. The smallest absolute Gasteiger partial charge is 0.322 e. The summed E-state index contributed by atoms with van der Waals surface area (Å²) in [6.45, 7) is 3.16. The van der Waals surface area contributed by atoms with Crippen LogP contribution in [0.3, 0.4) is 0 Å². The maximum absolute atomic E-state index is 13.1. The summed E-state index contributed by atoms with van der Waals surface area (Å²) in [4.78, 5) is 28.9. The number of nitrogens with one attached hydrogen (secondary N) is 1. The van der Waals surface area contributed by atoms with Crippen molar-refractivity contribution < 1.29 is 22.8 Å². The number of rotatable bonds is 6. The van der Waals surface area contributed by atoms with Crippen LogP contribution in [0.1, 0.15) is 38.2 Å². The van der Waals surface area contributed by atoms with E-state index < -0.39 is 11.7 Å². The molecule has 1 aromatic heterocycles. The molecule has 0 aliphatic heterocycles. The second-order valence-corrected chi connectivity index (χ2v) is 7.39. The highest BCUT2D eigenvalue weighted by Gasteiger charge is 2.32. The van der Waals surface area contributed by atoms with Crippen molar-refractivity contribution in [1.82, 2.24) is 4.98 Å². The molecule has 0 saturated carbocycles. The Balaban J connectivity index is 1.74. The molecule has 7 heteroatoms. The SMILES string of the molecule is Cc1ccc(C(=O)Cc2ccc(C)c(C(F)(F)F)c2)cc1NC(=O)/C=C/c1cccnc1. The Hall–Kier alpha value is -3.74. The molecule has 0 radical (unpaired) electrons. The summed E-state index contributed by atoms with van der Waals surface area (Å²) in [5, 5.41) is 2.73. The fraction of sp³-hybridized carbons (Fsp3) is 0.160. The lowest BCUT2D eigenvalue weighted by molar-refractivity contribution is -0.138. The minimum Gasteiger partial charge on any atom is -0.322 e. The Labute approximate surface area is 183 Å². The maximum Gasteiger partial charge on any atom is 0.416 e. The van der Waals surface area contributed by atoms with E-state index in [0.717, 1.165) is 17.2 Å². The average molecular weight is 438 g/mol. The van der Waals surface area contributed by atoms with Crippen LogP contribution < -0.4 is 5.32 Å². The van der Waals surface area contributed by atoms with E-state index in [1.54, 1.807) is 49.7 Å². The number of hydrogen-bond acceptors (Lipinski definition) is 3. The standard InChI is InChI=1S/C25H21F3N2O2/c1-16-5-7-19(12-21(16)25(26,27)28)13-23(31)20-9-6-17(2)22(14-20)30-24(32)10-8-18-4-3-11-29-15-18/h3-12,14-15H,13H2,1-2H3,(H,30,32)/b10-8+. The molecule has 1 heterocycles. The third-order valence-corrected chi connectivity index (χ3v) is 4.90. The van der Waals surface area contributed by atoms with Crippen molar-refractivity contribution in [1.29, 1.82) is 0 Å². The molecule has 0 atom stereocenters. The minimum absolute atomic E-state index is 0.105. The fourth-order valence-electron chi connectivity index (χ4n) is 3.12. The van der Waals surface area contributed by atoms with Gasteiger partial charge >= 0.3 is 6.18 Å². The van der Waals surface area contributed by atoms with Crippen molar-refractivity contribution in [3.05, 3.63) is 100 Å². The van der Waals surface area contributed by atoms with Crippen LogP contribution in [0, 0.1) is 13.8 Å². The number of benzene rings is 2. The lowest BCUT2D eigenvalue weighted by Crippen LogP contribution is -2.12. The predicted molar refractivity (Wildman–Crippen MR) is 117 cm³/mol. The maximum atomic E-state index is 13.1. The molecule has 0 bridgehead atoms. The van der Waals surface area contributed by atoms with E-state index in [2.05, 4.69) is 10.3 Å². The van der Waals surface area contributed by atoms with Crippen LogP contribution in [0.5, 0.6) is 0 Å². The number of pyridine rings is 1. The third-order valence-electron chi connectivity index (χ3n) is 4.90. The van der Waals surface area contributed by atoms with Gasteiger partial charge in [0, 0.05) is 36.1 Å². The number of amides is 1. The van der Waals surface area contributed by atoms with Gasteiger partial charge in [0.2, 0.25) is 5.91 Å². The summed E-state index contributed by atoms with van der Waals surface area (Å²) in [5.74, 6) is -0.724. The first-order valence-electron chi connectivity index (χ1n) is 9.83. The Morgan fingerprint density at radius 2 is 1.78 bits per heavy atom. The van der Waals surface area contributed by atoms with Crippen LogP contribution in [0.25, 0.3) is 6.08 Å². The van der Waals surface area contributed by atoms with E-state index in [9.17, 15) is 22.8 Å². The summed E-state index contributed by atoms with van der Waals surface area (Å²) in [6.07, 6.45) is 1.56. The lowest BCUT2D eigenvalue weighted by Gasteiger charge is -2.12. The number of hydrogen-bond donors (Lipinski definition) is 1. The van der Waals surface area contributed by atoms with Crippen LogP contribution in [0.15, 0.2) is 67.0 Å². The third kappa shape index (κ3) is 5.91. The molecule has 1 N–H and O–H groups in total. The number of carbonyl (C=O) groups is 2. The second kappa shape index (κ2) is 9.60. The molecule has 164 valence electrons. The molecule has 0 unspecified atom stereocenters. The van der Waals surface area contributed by atoms with Gasteiger partial charge in [-0.1, -0.05) is 30.3 Å². The largest absolute Gasteiger partial charge is 0.416 e. The van der Waals surface area contributed by atoms with Crippen molar-refractivity contribution in [2.75, 3.05) is 5.32 Å². The van der Waals surface area contributed by atoms with Gasteiger partial charge in [-0.15, -0.1) is 0 Å². The van der Waals surface area contributed by atoms with Gasteiger partial charge in [-0.3, -0.25) is 14.6 Å². The van der Waals surface area contributed by atoms with Crippen LogP contribution in [0.4, 0.5) is 18.9 Å². The summed E-state index contributed by atoms with van der Waals surface area (Å²) in [5.41, 5.74) is 1.90. The van der Waals surface area contributed by atoms with E-state index in [-0.39, 0.29) is 29.2 Å². The number of alkyl halides is 3. The van der Waals surface area contributed by atoms with E-state index >= 15 is 0 Å². The zero-order chi connectivity index (χ0) is 23.3. The van der Waals surface area contributed by atoms with Gasteiger partial charge in [-0.2, -0.15) is 13.2 Å². The molecule has 4 nitrogen and oxygen atoms in total. The first-order chi connectivity index (χ1) is 15.1. The molecular weight excluding hydrogens is 417 g/mol. The van der Waals surface area contributed by atoms with Gasteiger partial charge in [0.15, 0.2) is 5.78 Å².